The molecule has 0 spiro atoms. The first-order valence-electron chi connectivity index (χ1n) is 6.44. The molecule has 0 atom stereocenters. The van der Waals surface area contributed by atoms with Crippen LogP contribution in [0.15, 0.2) is 24.3 Å². The first kappa shape index (κ1) is 13.5. The standard InChI is InChI=1S/C14H20N2OS/c1-3-14(17,4-2)10-15-9-13-16-11-7-5-6-8-12(11)18-13/h5-8,15,17H,3-4,9-10H2,1-2H3. The van der Waals surface area contributed by atoms with Gasteiger partial charge in [0, 0.05) is 13.1 Å². The number of thiazole rings is 1. The van der Waals surface area contributed by atoms with E-state index in [2.05, 4.69) is 16.4 Å². The smallest absolute Gasteiger partial charge is 0.108 e. The molecule has 4 heteroatoms. The van der Waals surface area contributed by atoms with E-state index < -0.39 is 5.60 Å². The van der Waals surface area contributed by atoms with Gasteiger partial charge in [0.2, 0.25) is 0 Å². The second-order valence-corrected chi connectivity index (χ2v) is 5.73. The second-order valence-electron chi connectivity index (χ2n) is 4.61. The van der Waals surface area contributed by atoms with Gasteiger partial charge in [0.1, 0.15) is 5.01 Å². The highest BCUT2D eigenvalue weighted by atomic mass is 32.1. The molecular weight excluding hydrogens is 244 g/mol. The number of nitrogens with zero attached hydrogens (tertiary/aromatic N) is 1. The van der Waals surface area contributed by atoms with E-state index in [1.165, 1.54) is 4.70 Å². The zero-order chi connectivity index (χ0) is 13.0. The lowest BCUT2D eigenvalue weighted by atomic mass is 9.98. The van der Waals surface area contributed by atoms with Crippen LogP contribution in [0.4, 0.5) is 0 Å². The van der Waals surface area contributed by atoms with Crippen molar-refractivity contribution in [1.29, 1.82) is 0 Å². The molecule has 0 aliphatic heterocycles. The molecule has 0 bridgehead atoms. The number of para-hydroxylation sites is 1. The quantitative estimate of drug-likeness (QED) is 0.843. The van der Waals surface area contributed by atoms with Crippen LogP contribution in [-0.4, -0.2) is 22.2 Å². The maximum atomic E-state index is 10.2. The van der Waals surface area contributed by atoms with Crippen LogP contribution >= 0.6 is 11.3 Å². The lowest BCUT2D eigenvalue weighted by Gasteiger charge is -2.25. The van der Waals surface area contributed by atoms with Gasteiger partial charge in [0.05, 0.1) is 15.8 Å². The summed E-state index contributed by atoms with van der Waals surface area (Å²) < 4.78 is 1.22. The second kappa shape index (κ2) is 5.78. The van der Waals surface area contributed by atoms with E-state index in [9.17, 15) is 5.11 Å². The van der Waals surface area contributed by atoms with Crippen molar-refractivity contribution in [3.63, 3.8) is 0 Å². The Morgan fingerprint density at radius 3 is 2.67 bits per heavy atom. The van der Waals surface area contributed by atoms with Crippen molar-refractivity contribution in [3.8, 4) is 0 Å². The molecule has 1 aromatic heterocycles. The molecule has 0 amide bonds. The fourth-order valence-electron chi connectivity index (χ4n) is 1.90. The van der Waals surface area contributed by atoms with E-state index in [-0.39, 0.29) is 0 Å². The summed E-state index contributed by atoms with van der Waals surface area (Å²) in [7, 11) is 0. The maximum Gasteiger partial charge on any atom is 0.108 e. The largest absolute Gasteiger partial charge is 0.389 e. The molecule has 2 aromatic rings. The molecule has 0 unspecified atom stereocenters. The fraction of sp³-hybridized carbons (Fsp3) is 0.500. The third-order valence-corrected chi connectivity index (χ3v) is 4.42. The van der Waals surface area contributed by atoms with Crippen LogP contribution in [0.5, 0.6) is 0 Å². The van der Waals surface area contributed by atoms with Crippen LogP contribution in [0, 0.1) is 0 Å². The third kappa shape index (κ3) is 3.07. The number of hydrogen-bond acceptors (Lipinski definition) is 4. The van der Waals surface area contributed by atoms with Crippen molar-refractivity contribution in [2.75, 3.05) is 6.54 Å². The van der Waals surface area contributed by atoms with Crippen molar-refractivity contribution in [2.45, 2.75) is 38.8 Å². The van der Waals surface area contributed by atoms with Gasteiger partial charge in [-0.3, -0.25) is 0 Å². The highest BCUT2D eigenvalue weighted by Crippen LogP contribution is 2.21. The number of aromatic nitrogens is 1. The van der Waals surface area contributed by atoms with Gasteiger partial charge in [-0.15, -0.1) is 11.3 Å². The number of rotatable bonds is 6. The molecule has 0 radical (unpaired) electrons. The molecule has 2 rings (SSSR count). The van der Waals surface area contributed by atoms with E-state index in [1.54, 1.807) is 11.3 Å². The van der Waals surface area contributed by atoms with Crippen molar-refractivity contribution in [3.05, 3.63) is 29.3 Å². The first-order valence-corrected chi connectivity index (χ1v) is 7.26. The lowest BCUT2D eigenvalue weighted by Crippen LogP contribution is -2.39. The minimum Gasteiger partial charge on any atom is -0.389 e. The minimum atomic E-state index is -0.587. The van der Waals surface area contributed by atoms with Gasteiger partial charge in [0.25, 0.3) is 0 Å². The Morgan fingerprint density at radius 1 is 1.28 bits per heavy atom. The number of benzene rings is 1. The van der Waals surface area contributed by atoms with Crippen molar-refractivity contribution in [2.24, 2.45) is 0 Å². The van der Waals surface area contributed by atoms with Crippen LogP contribution < -0.4 is 5.32 Å². The van der Waals surface area contributed by atoms with E-state index in [0.717, 1.165) is 29.9 Å². The number of aliphatic hydroxyl groups is 1. The van der Waals surface area contributed by atoms with Gasteiger partial charge in [-0.05, 0) is 25.0 Å². The highest BCUT2D eigenvalue weighted by molar-refractivity contribution is 7.18. The van der Waals surface area contributed by atoms with Crippen LogP contribution in [0.2, 0.25) is 0 Å². The molecule has 0 saturated heterocycles. The SMILES string of the molecule is CCC(O)(CC)CNCc1nc2ccccc2s1. The molecular formula is C14H20N2OS. The Labute approximate surface area is 112 Å². The topological polar surface area (TPSA) is 45.1 Å². The predicted molar refractivity (Wildman–Crippen MR) is 76.9 cm³/mol. The number of fused-ring (bicyclic) bond motifs is 1. The molecule has 0 saturated carbocycles. The zero-order valence-electron chi connectivity index (χ0n) is 10.9. The summed E-state index contributed by atoms with van der Waals surface area (Å²) in [5.41, 5.74) is 0.469. The fourth-order valence-corrected chi connectivity index (χ4v) is 2.83. The number of nitrogens with one attached hydrogen (secondary N) is 1. The van der Waals surface area contributed by atoms with Crippen LogP contribution in [0.3, 0.4) is 0 Å². The molecule has 0 aliphatic rings. The van der Waals surface area contributed by atoms with E-state index >= 15 is 0 Å². The summed E-state index contributed by atoms with van der Waals surface area (Å²) in [6, 6.07) is 8.16. The Kier molecular flexibility index (Phi) is 4.32. The third-order valence-electron chi connectivity index (χ3n) is 3.38. The van der Waals surface area contributed by atoms with E-state index in [1.807, 2.05) is 32.0 Å². The summed E-state index contributed by atoms with van der Waals surface area (Å²) in [6.45, 7) is 5.38. The molecule has 2 N–H and O–H groups in total. The normalized spacial score (nSPS) is 12.2. The zero-order valence-corrected chi connectivity index (χ0v) is 11.8. The molecule has 98 valence electrons. The van der Waals surface area contributed by atoms with E-state index in [0.29, 0.717) is 6.54 Å². The lowest BCUT2D eigenvalue weighted by molar-refractivity contribution is 0.0323. The summed E-state index contributed by atoms with van der Waals surface area (Å²) in [5, 5.41) is 14.5. The van der Waals surface area contributed by atoms with Crippen LogP contribution in [-0.2, 0) is 6.54 Å². The highest BCUT2D eigenvalue weighted by Gasteiger charge is 2.21. The van der Waals surface area contributed by atoms with Gasteiger partial charge in [0.15, 0.2) is 0 Å². The summed E-state index contributed by atoms with van der Waals surface area (Å²) >= 11 is 1.71. The Morgan fingerprint density at radius 2 is 2.00 bits per heavy atom. The molecule has 1 aromatic carbocycles. The van der Waals surface area contributed by atoms with Crippen molar-refractivity contribution < 1.29 is 5.11 Å². The first-order chi connectivity index (χ1) is 8.67. The Balaban J connectivity index is 1.94. The van der Waals surface area contributed by atoms with Gasteiger partial charge in [-0.25, -0.2) is 4.98 Å². The van der Waals surface area contributed by atoms with Crippen LogP contribution in [0.25, 0.3) is 10.2 Å². The average Bonchev–Trinajstić information content (AvgIpc) is 2.81. The van der Waals surface area contributed by atoms with Crippen molar-refractivity contribution in [1.82, 2.24) is 10.3 Å². The Hall–Kier alpha value is -0.970. The van der Waals surface area contributed by atoms with Gasteiger partial charge in [-0.1, -0.05) is 26.0 Å². The molecule has 1 heterocycles. The van der Waals surface area contributed by atoms with Gasteiger partial charge < -0.3 is 10.4 Å². The van der Waals surface area contributed by atoms with E-state index in [4.69, 9.17) is 0 Å². The molecule has 18 heavy (non-hydrogen) atoms. The minimum absolute atomic E-state index is 0.587. The molecule has 3 nitrogen and oxygen atoms in total. The van der Waals surface area contributed by atoms with Gasteiger partial charge >= 0.3 is 0 Å². The molecule has 0 aliphatic carbocycles. The van der Waals surface area contributed by atoms with Crippen molar-refractivity contribution >= 4 is 21.6 Å². The van der Waals surface area contributed by atoms with Crippen LogP contribution in [0.1, 0.15) is 31.7 Å². The summed E-state index contributed by atoms with van der Waals surface area (Å²) in [4.78, 5) is 4.56. The Bertz CT molecular complexity index is 472. The summed E-state index contributed by atoms with van der Waals surface area (Å²) in [5.74, 6) is 0. The molecule has 0 fully saturated rings. The monoisotopic (exact) mass is 264 g/mol. The maximum absolute atomic E-state index is 10.2. The summed E-state index contributed by atoms with van der Waals surface area (Å²) in [6.07, 6.45) is 1.55. The van der Waals surface area contributed by atoms with Gasteiger partial charge in [-0.2, -0.15) is 0 Å². The average molecular weight is 264 g/mol. The predicted octanol–water partition coefficient (Wildman–Crippen LogP) is 2.94. The number of hydrogen-bond donors (Lipinski definition) is 2.